The Kier molecular flexibility index (Phi) is 6.53. The lowest BCUT2D eigenvalue weighted by Gasteiger charge is -2.32. The smallest absolute Gasteiger partial charge is 0.296 e. The highest BCUT2D eigenvalue weighted by Gasteiger charge is 2.34. The van der Waals surface area contributed by atoms with E-state index in [0.717, 1.165) is 16.7 Å². The molecule has 1 amide bonds. The van der Waals surface area contributed by atoms with Crippen LogP contribution < -0.4 is 15.6 Å². The number of hydrogen-bond donors (Lipinski definition) is 1. The zero-order chi connectivity index (χ0) is 24.3. The van der Waals surface area contributed by atoms with Crippen molar-refractivity contribution in [1.29, 1.82) is 0 Å². The van der Waals surface area contributed by atoms with Gasteiger partial charge in [-0.15, -0.1) is 6.42 Å². The summed E-state index contributed by atoms with van der Waals surface area (Å²) in [6.07, 6.45) is 5.63. The summed E-state index contributed by atoms with van der Waals surface area (Å²) in [7, 11) is 0. The van der Waals surface area contributed by atoms with Crippen LogP contribution in [0.25, 0.3) is 0 Å². The highest BCUT2D eigenvalue weighted by Crippen LogP contribution is 2.28. The van der Waals surface area contributed by atoms with Crippen molar-refractivity contribution in [2.45, 2.75) is 46.1 Å². The molecule has 1 aliphatic heterocycles. The Balaban J connectivity index is 1.69. The summed E-state index contributed by atoms with van der Waals surface area (Å²) in [5, 5.41) is 2.84. The van der Waals surface area contributed by atoms with Gasteiger partial charge < -0.3 is 14.8 Å². The van der Waals surface area contributed by atoms with Gasteiger partial charge in [0.15, 0.2) is 5.69 Å². The molecule has 7 nitrogen and oxygen atoms in total. The van der Waals surface area contributed by atoms with E-state index < -0.39 is 17.1 Å². The summed E-state index contributed by atoms with van der Waals surface area (Å²) in [6, 6.07) is 15.1. The maximum Gasteiger partial charge on any atom is 0.296 e. The minimum absolute atomic E-state index is 0.0693. The van der Waals surface area contributed by atoms with Crippen molar-refractivity contribution in [3.05, 3.63) is 92.7 Å². The average Bonchev–Trinajstić information content (AvgIpc) is 2.83. The summed E-state index contributed by atoms with van der Waals surface area (Å²) in [4.78, 5) is 31.2. The number of nitrogens with one attached hydrogen (secondary N) is 1. The molecule has 0 aliphatic carbocycles. The maximum atomic E-state index is 13.4. The number of aryl methyl sites for hydroxylation is 1. The van der Waals surface area contributed by atoms with Crippen molar-refractivity contribution < 1.29 is 14.3 Å². The number of nitrogens with zero attached hydrogens (tertiary/aromatic N) is 2. The van der Waals surface area contributed by atoms with Crippen molar-refractivity contribution >= 4 is 5.91 Å². The molecule has 0 unspecified atom stereocenters. The summed E-state index contributed by atoms with van der Waals surface area (Å²) >= 11 is 0. The van der Waals surface area contributed by atoms with E-state index in [1.807, 2.05) is 69.3 Å². The van der Waals surface area contributed by atoms with Crippen molar-refractivity contribution in [1.82, 2.24) is 14.9 Å². The van der Waals surface area contributed by atoms with Gasteiger partial charge >= 0.3 is 0 Å². The molecular formula is C27H27N3O4. The van der Waals surface area contributed by atoms with E-state index in [2.05, 4.69) is 16.2 Å². The van der Waals surface area contributed by atoms with E-state index in [-0.39, 0.29) is 24.6 Å². The third kappa shape index (κ3) is 4.73. The number of carbonyl (C=O) groups excluding carboxylic acids is 1. The summed E-state index contributed by atoms with van der Waals surface area (Å²) in [5.41, 5.74) is 2.12. The zero-order valence-corrected chi connectivity index (χ0v) is 19.6. The molecule has 7 heteroatoms. The van der Waals surface area contributed by atoms with Crippen LogP contribution in [0.15, 0.2) is 53.3 Å². The molecule has 1 aliphatic rings. The van der Waals surface area contributed by atoms with Crippen LogP contribution in [0, 0.1) is 19.3 Å². The number of fused-ring (bicyclic) bond motifs is 1. The third-order valence-corrected chi connectivity index (χ3v) is 5.75. The van der Waals surface area contributed by atoms with Gasteiger partial charge in [0.05, 0.1) is 13.2 Å². The number of amides is 1. The standard InChI is InChI=1S/C27H27N3O4/c1-5-20-15-18(2)11-12-21(20)16-28-24(31)22-23(33-17-19-9-7-6-8-10-19)25(32)30-13-14-34-27(3,4)26(30)29-22/h1,6-12,15H,13-14,16-17H2,2-4H3,(H,28,31). The van der Waals surface area contributed by atoms with Crippen LogP contribution in [0.1, 0.15) is 52.4 Å². The Labute approximate surface area is 198 Å². The van der Waals surface area contributed by atoms with E-state index >= 15 is 0 Å². The first kappa shape index (κ1) is 23.3. The van der Waals surface area contributed by atoms with Crippen LogP contribution in [0.2, 0.25) is 0 Å². The van der Waals surface area contributed by atoms with E-state index in [4.69, 9.17) is 15.9 Å². The molecule has 0 saturated heterocycles. The molecule has 3 aromatic rings. The van der Waals surface area contributed by atoms with Gasteiger partial charge in [-0.2, -0.15) is 0 Å². The molecule has 0 fully saturated rings. The van der Waals surface area contributed by atoms with Crippen LogP contribution in [-0.2, 0) is 30.0 Å². The Bertz CT molecular complexity index is 1320. The van der Waals surface area contributed by atoms with E-state index in [1.165, 1.54) is 4.57 Å². The van der Waals surface area contributed by atoms with Crippen molar-refractivity contribution in [2.24, 2.45) is 0 Å². The molecule has 174 valence electrons. The van der Waals surface area contributed by atoms with Gasteiger partial charge in [0.2, 0.25) is 5.75 Å². The predicted octanol–water partition coefficient (Wildman–Crippen LogP) is 3.31. The number of ether oxygens (including phenoxy) is 2. The number of terminal acetylenes is 1. The van der Waals surface area contributed by atoms with Crippen molar-refractivity contribution in [3.8, 4) is 18.1 Å². The van der Waals surface area contributed by atoms with Gasteiger partial charge in [-0.1, -0.05) is 48.4 Å². The normalized spacial score (nSPS) is 14.1. The Morgan fingerprint density at radius 3 is 2.76 bits per heavy atom. The lowest BCUT2D eigenvalue weighted by atomic mass is 10.0. The number of aromatic nitrogens is 2. The van der Waals surface area contributed by atoms with Gasteiger partial charge in [0, 0.05) is 12.1 Å². The summed E-state index contributed by atoms with van der Waals surface area (Å²) in [6.45, 7) is 6.63. The molecule has 34 heavy (non-hydrogen) atoms. The first-order valence-corrected chi connectivity index (χ1v) is 11.1. The van der Waals surface area contributed by atoms with Crippen LogP contribution in [-0.4, -0.2) is 22.1 Å². The summed E-state index contributed by atoms with van der Waals surface area (Å²) in [5.74, 6) is 2.44. The molecule has 1 N–H and O–H groups in total. The van der Waals surface area contributed by atoms with Crippen LogP contribution in [0.3, 0.4) is 0 Å². The third-order valence-electron chi connectivity index (χ3n) is 5.75. The molecule has 1 aromatic heterocycles. The Morgan fingerprint density at radius 1 is 1.26 bits per heavy atom. The first-order valence-electron chi connectivity index (χ1n) is 11.1. The highest BCUT2D eigenvalue weighted by molar-refractivity contribution is 5.94. The van der Waals surface area contributed by atoms with Gasteiger partial charge in [-0.3, -0.25) is 14.2 Å². The Hall–Kier alpha value is -3.89. The minimum Gasteiger partial charge on any atom is -0.481 e. The Morgan fingerprint density at radius 2 is 2.03 bits per heavy atom. The fraction of sp³-hybridized carbons (Fsp3) is 0.296. The molecule has 0 radical (unpaired) electrons. The van der Waals surface area contributed by atoms with E-state index in [0.29, 0.717) is 24.5 Å². The molecule has 2 aromatic carbocycles. The molecular weight excluding hydrogens is 430 g/mol. The quantitative estimate of drug-likeness (QED) is 0.575. The van der Waals surface area contributed by atoms with Crippen molar-refractivity contribution in [2.75, 3.05) is 6.61 Å². The molecule has 2 heterocycles. The van der Waals surface area contributed by atoms with E-state index in [1.54, 1.807) is 0 Å². The second kappa shape index (κ2) is 9.54. The lowest BCUT2D eigenvalue weighted by molar-refractivity contribution is -0.0567. The zero-order valence-electron chi connectivity index (χ0n) is 19.6. The lowest BCUT2D eigenvalue weighted by Crippen LogP contribution is -2.43. The SMILES string of the molecule is C#Cc1cc(C)ccc1CNC(=O)c1nc2n(c(=O)c1OCc1ccccc1)CCOC2(C)C. The van der Waals surface area contributed by atoms with Gasteiger partial charge in [-0.25, -0.2) is 4.98 Å². The van der Waals surface area contributed by atoms with Gasteiger partial charge in [-0.05, 0) is 43.5 Å². The largest absolute Gasteiger partial charge is 0.481 e. The molecule has 0 saturated carbocycles. The van der Waals surface area contributed by atoms with Crippen LogP contribution in [0.4, 0.5) is 0 Å². The monoisotopic (exact) mass is 457 g/mol. The molecule has 0 bridgehead atoms. The van der Waals surface area contributed by atoms with Gasteiger partial charge in [0.1, 0.15) is 18.0 Å². The number of benzene rings is 2. The molecule has 4 rings (SSSR count). The van der Waals surface area contributed by atoms with Crippen LogP contribution >= 0.6 is 0 Å². The second-order valence-electron chi connectivity index (χ2n) is 8.69. The van der Waals surface area contributed by atoms with Gasteiger partial charge in [0.25, 0.3) is 11.5 Å². The average molecular weight is 458 g/mol. The first-order chi connectivity index (χ1) is 16.3. The van der Waals surface area contributed by atoms with E-state index in [9.17, 15) is 9.59 Å². The predicted molar refractivity (Wildman–Crippen MR) is 129 cm³/mol. The second-order valence-corrected chi connectivity index (χ2v) is 8.69. The van der Waals surface area contributed by atoms with Crippen LogP contribution in [0.5, 0.6) is 5.75 Å². The molecule has 0 spiro atoms. The van der Waals surface area contributed by atoms with Crippen molar-refractivity contribution in [3.63, 3.8) is 0 Å². The number of carbonyl (C=O) groups is 1. The molecule has 0 atom stereocenters. The number of hydrogen-bond acceptors (Lipinski definition) is 5. The summed E-state index contributed by atoms with van der Waals surface area (Å²) < 4.78 is 13.2. The topological polar surface area (TPSA) is 82.5 Å². The minimum atomic E-state index is -0.821. The number of rotatable bonds is 6. The maximum absolute atomic E-state index is 13.4. The highest BCUT2D eigenvalue weighted by atomic mass is 16.5. The fourth-order valence-corrected chi connectivity index (χ4v) is 3.91. The fourth-order valence-electron chi connectivity index (χ4n) is 3.91.